The second-order valence-electron chi connectivity index (χ2n) is 4.06. The average molecular weight is 217 g/mol. The van der Waals surface area contributed by atoms with E-state index in [4.69, 9.17) is 0 Å². The third-order valence-corrected chi connectivity index (χ3v) is 2.51. The summed E-state index contributed by atoms with van der Waals surface area (Å²) in [6.45, 7) is 6.09. The molecule has 86 valence electrons. The summed E-state index contributed by atoms with van der Waals surface area (Å²) < 4.78 is 0. The van der Waals surface area contributed by atoms with Crippen LogP contribution in [-0.4, -0.2) is 11.9 Å². The summed E-state index contributed by atoms with van der Waals surface area (Å²) in [6.07, 6.45) is 4.36. The number of hydrogen-bond acceptors (Lipinski definition) is 1. The van der Waals surface area contributed by atoms with Gasteiger partial charge in [0.1, 0.15) is 0 Å². The van der Waals surface area contributed by atoms with E-state index in [2.05, 4.69) is 12.2 Å². The molecule has 0 spiro atoms. The average Bonchev–Trinajstić information content (AvgIpc) is 2.28. The zero-order valence-corrected chi connectivity index (χ0v) is 10.2. The van der Waals surface area contributed by atoms with Crippen molar-refractivity contribution in [1.82, 2.24) is 5.32 Å². The SMILES string of the molecule is CCC(C)NC(=O)/C=C/c1ccc(C)cc1. The van der Waals surface area contributed by atoms with Crippen LogP contribution >= 0.6 is 0 Å². The number of hydrogen-bond donors (Lipinski definition) is 1. The van der Waals surface area contributed by atoms with Crippen LogP contribution in [0, 0.1) is 6.92 Å². The molecule has 1 unspecified atom stereocenters. The molecule has 2 nitrogen and oxygen atoms in total. The minimum atomic E-state index is -0.0325. The maximum atomic E-state index is 11.5. The van der Waals surface area contributed by atoms with Gasteiger partial charge in [-0.15, -0.1) is 0 Å². The van der Waals surface area contributed by atoms with Gasteiger partial charge < -0.3 is 5.32 Å². The van der Waals surface area contributed by atoms with Gasteiger partial charge in [0.2, 0.25) is 5.91 Å². The van der Waals surface area contributed by atoms with Crippen molar-refractivity contribution >= 4 is 12.0 Å². The largest absolute Gasteiger partial charge is 0.350 e. The smallest absolute Gasteiger partial charge is 0.244 e. The molecular weight excluding hydrogens is 198 g/mol. The van der Waals surface area contributed by atoms with E-state index >= 15 is 0 Å². The molecule has 2 heteroatoms. The molecule has 0 fully saturated rings. The molecule has 0 aliphatic carbocycles. The van der Waals surface area contributed by atoms with Gasteiger partial charge in [-0.05, 0) is 31.9 Å². The molecule has 1 aromatic carbocycles. The molecule has 0 saturated heterocycles. The third-order valence-electron chi connectivity index (χ3n) is 2.51. The fourth-order valence-corrected chi connectivity index (χ4v) is 1.24. The standard InChI is InChI=1S/C14H19NO/c1-4-12(3)15-14(16)10-9-13-7-5-11(2)6-8-13/h5-10,12H,4H2,1-3H3,(H,15,16)/b10-9+. The topological polar surface area (TPSA) is 29.1 Å². The summed E-state index contributed by atoms with van der Waals surface area (Å²) in [6, 6.07) is 8.30. The zero-order valence-electron chi connectivity index (χ0n) is 10.2. The van der Waals surface area contributed by atoms with Crippen molar-refractivity contribution in [2.24, 2.45) is 0 Å². The first kappa shape index (κ1) is 12.5. The lowest BCUT2D eigenvalue weighted by Gasteiger charge is -2.08. The lowest BCUT2D eigenvalue weighted by molar-refractivity contribution is -0.117. The molecule has 1 atom stereocenters. The molecule has 0 saturated carbocycles. The van der Waals surface area contributed by atoms with Gasteiger partial charge in [-0.1, -0.05) is 36.8 Å². The number of amides is 1. The van der Waals surface area contributed by atoms with Crippen molar-refractivity contribution in [3.05, 3.63) is 41.5 Å². The Morgan fingerprint density at radius 2 is 2.00 bits per heavy atom. The summed E-state index contributed by atoms with van der Waals surface area (Å²) in [5, 5.41) is 2.89. The molecule has 1 aromatic rings. The van der Waals surface area contributed by atoms with E-state index < -0.39 is 0 Å². The molecule has 1 N–H and O–H groups in total. The molecule has 0 aromatic heterocycles. The molecule has 0 heterocycles. The Morgan fingerprint density at radius 1 is 1.38 bits per heavy atom. The van der Waals surface area contributed by atoms with E-state index in [9.17, 15) is 4.79 Å². The van der Waals surface area contributed by atoms with E-state index in [0.29, 0.717) is 0 Å². The first-order valence-electron chi connectivity index (χ1n) is 5.67. The van der Waals surface area contributed by atoms with E-state index in [1.54, 1.807) is 6.08 Å². The molecule has 0 bridgehead atoms. The van der Waals surface area contributed by atoms with E-state index in [0.717, 1.165) is 12.0 Å². The van der Waals surface area contributed by atoms with Crippen LogP contribution in [-0.2, 0) is 4.79 Å². The zero-order chi connectivity index (χ0) is 12.0. The Balaban J connectivity index is 2.53. The van der Waals surface area contributed by atoms with Crippen LogP contribution in [0.5, 0.6) is 0 Å². The highest BCUT2D eigenvalue weighted by atomic mass is 16.1. The van der Waals surface area contributed by atoms with E-state index in [1.165, 1.54) is 5.56 Å². The molecule has 0 aliphatic rings. The predicted octanol–water partition coefficient (Wildman–Crippen LogP) is 2.92. The molecule has 1 amide bonds. The highest BCUT2D eigenvalue weighted by molar-refractivity contribution is 5.91. The van der Waals surface area contributed by atoms with Gasteiger partial charge in [0.15, 0.2) is 0 Å². The molecule has 16 heavy (non-hydrogen) atoms. The Morgan fingerprint density at radius 3 is 2.56 bits per heavy atom. The van der Waals surface area contributed by atoms with Crippen LogP contribution in [0.2, 0.25) is 0 Å². The summed E-state index contributed by atoms with van der Waals surface area (Å²) in [5.74, 6) is -0.0325. The van der Waals surface area contributed by atoms with Crippen LogP contribution in [0.25, 0.3) is 6.08 Å². The maximum Gasteiger partial charge on any atom is 0.244 e. The van der Waals surface area contributed by atoms with E-state index in [-0.39, 0.29) is 11.9 Å². The minimum Gasteiger partial charge on any atom is -0.350 e. The normalized spacial score (nSPS) is 12.7. The lowest BCUT2D eigenvalue weighted by atomic mass is 10.1. The van der Waals surface area contributed by atoms with Gasteiger partial charge >= 0.3 is 0 Å². The van der Waals surface area contributed by atoms with Crippen molar-refractivity contribution in [3.8, 4) is 0 Å². The van der Waals surface area contributed by atoms with Crippen molar-refractivity contribution in [1.29, 1.82) is 0 Å². The predicted molar refractivity (Wildman–Crippen MR) is 68.1 cm³/mol. The van der Waals surface area contributed by atoms with Crippen LogP contribution in [0.15, 0.2) is 30.3 Å². The first-order valence-corrected chi connectivity index (χ1v) is 5.67. The number of carbonyl (C=O) groups is 1. The summed E-state index contributed by atoms with van der Waals surface area (Å²) in [5.41, 5.74) is 2.27. The summed E-state index contributed by atoms with van der Waals surface area (Å²) in [7, 11) is 0. The highest BCUT2D eigenvalue weighted by Crippen LogP contribution is 2.04. The minimum absolute atomic E-state index is 0.0325. The quantitative estimate of drug-likeness (QED) is 0.772. The van der Waals surface area contributed by atoms with Gasteiger partial charge in [0.25, 0.3) is 0 Å². The van der Waals surface area contributed by atoms with Crippen molar-refractivity contribution < 1.29 is 4.79 Å². The lowest BCUT2D eigenvalue weighted by Crippen LogP contribution is -2.30. The summed E-state index contributed by atoms with van der Waals surface area (Å²) >= 11 is 0. The van der Waals surface area contributed by atoms with Gasteiger partial charge in [-0.25, -0.2) is 0 Å². The number of benzene rings is 1. The second kappa shape index (κ2) is 6.11. The van der Waals surface area contributed by atoms with Gasteiger partial charge in [-0.3, -0.25) is 4.79 Å². The van der Waals surface area contributed by atoms with Crippen LogP contribution in [0.3, 0.4) is 0 Å². The highest BCUT2D eigenvalue weighted by Gasteiger charge is 2.00. The molecule has 0 aliphatic heterocycles. The monoisotopic (exact) mass is 217 g/mol. The van der Waals surface area contributed by atoms with Gasteiger partial charge in [0.05, 0.1) is 0 Å². The fraction of sp³-hybridized carbons (Fsp3) is 0.357. The van der Waals surface area contributed by atoms with Crippen molar-refractivity contribution in [2.75, 3.05) is 0 Å². The van der Waals surface area contributed by atoms with Crippen LogP contribution < -0.4 is 5.32 Å². The molecule has 1 rings (SSSR count). The van der Waals surface area contributed by atoms with Crippen LogP contribution in [0.1, 0.15) is 31.4 Å². The fourth-order valence-electron chi connectivity index (χ4n) is 1.24. The van der Waals surface area contributed by atoms with Crippen LogP contribution in [0.4, 0.5) is 0 Å². The second-order valence-corrected chi connectivity index (χ2v) is 4.06. The number of nitrogens with one attached hydrogen (secondary N) is 1. The molecule has 0 radical (unpaired) electrons. The molecular formula is C14H19NO. The number of aryl methyl sites for hydroxylation is 1. The van der Waals surface area contributed by atoms with Gasteiger partial charge in [0, 0.05) is 12.1 Å². The Labute approximate surface area is 97.4 Å². The number of rotatable bonds is 4. The van der Waals surface area contributed by atoms with E-state index in [1.807, 2.05) is 44.2 Å². The van der Waals surface area contributed by atoms with Gasteiger partial charge in [-0.2, -0.15) is 0 Å². The first-order chi connectivity index (χ1) is 7.61. The third kappa shape index (κ3) is 4.30. The maximum absolute atomic E-state index is 11.5. The Kier molecular flexibility index (Phi) is 4.77. The summed E-state index contributed by atoms with van der Waals surface area (Å²) in [4.78, 5) is 11.5. The Bertz CT molecular complexity index is 365. The van der Waals surface area contributed by atoms with Crippen molar-refractivity contribution in [3.63, 3.8) is 0 Å². The van der Waals surface area contributed by atoms with Crippen molar-refractivity contribution in [2.45, 2.75) is 33.2 Å². The number of carbonyl (C=O) groups excluding carboxylic acids is 1. The Hall–Kier alpha value is -1.57.